The third-order valence-electron chi connectivity index (χ3n) is 6.56. The normalized spacial score (nSPS) is 15.1. The highest BCUT2D eigenvalue weighted by molar-refractivity contribution is 6.62. The molecule has 124 valence electrons. The predicted molar refractivity (Wildman–Crippen MR) is 107 cm³/mol. The Morgan fingerprint density at radius 1 is 0.852 bits per heavy atom. The van der Waals surface area contributed by atoms with Gasteiger partial charge in [0.25, 0.3) is 5.82 Å². The van der Waals surface area contributed by atoms with Gasteiger partial charge in [0.2, 0.25) is 0 Å². The van der Waals surface area contributed by atoms with Gasteiger partial charge in [-0.25, -0.2) is 4.57 Å². The van der Waals surface area contributed by atoms with E-state index in [-0.39, 0.29) is 7.12 Å². The van der Waals surface area contributed by atoms with Crippen LogP contribution in [0.15, 0.2) is 73.1 Å². The van der Waals surface area contributed by atoms with E-state index < -0.39 is 0 Å². The van der Waals surface area contributed by atoms with Gasteiger partial charge in [0.05, 0.1) is 16.8 Å². The maximum atomic E-state index is 2.52. The SMILES string of the molecule is c1cc2c3c(c1)N1B(n4c5ccccc5c5cccc1c54)[n+]1ccn(c1-3)C2. The van der Waals surface area contributed by atoms with Crippen molar-refractivity contribution in [2.24, 2.45) is 0 Å². The number of benzene rings is 3. The van der Waals surface area contributed by atoms with Gasteiger partial charge in [0.15, 0.2) is 0 Å². The zero-order valence-electron chi connectivity index (χ0n) is 14.5. The fraction of sp³-hybridized carbons (Fsp3) is 0.0455. The van der Waals surface area contributed by atoms with Crippen LogP contribution in [-0.2, 0) is 6.54 Å². The zero-order valence-corrected chi connectivity index (χ0v) is 14.5. The van der Waals surface area contributed by atoms with Crippen molar-refractivity contribution in [3.8, 4) is 11.4 Å². The minimum atomic E-state index is 0.113. The molecule has 5 heterocycles. The van der Waals surface area contributed by atoms with Crippen LogP contribution >= 0.6 is 0 Å². The van der Waals surface area contributed by atoms with Gasteiger partial charge in [0, 0.05) is 27.5 Å². The molecule has 2 aromatic heterocycles. The van der Waals surface area contributed by atoms with Crippen LogP contribution in [0.2, 0.25) is 0 Å². The Morgan fingerprint density at radius 2 is 1.70 bits per heavy atom. The van der Waals surface area contributed by atoms with Crippen molar-refractivity contribution in [1.29, 1.82) is 0 Å². The molecule has 0 unspecified atom stereocenters. The molecule has 0 bridgehead atoms. The second kappa shape index (κ2) is 3.93. The molecule has 0 radical (unpaired) electrons. The average molecular weight is 345 g/mol. The van der Waals surface area contributed by atoms with Crippen molar-refractivity contribution in [3.63, 3.8) is 0 Å². The van der Waals surface area contributed by atoms with Gasteiger partial charge in [-0.05, 0) is 18.2 Å². The molecule has 3 aromatic carbocycles. The van der Waals surface area contributed by atoms with Crippen molar-refractivity contribution in [2.75, 3.05) is 4.81 Å². The molecule has 4 nitrogen and oxygen atoms in total. The third-order valence-corrected chi connectivity index (χ3v) is 6.56. The first kappa shape index (κ1) is 12.8. The molecule has 3 aliphatic heterocycles. The minimum absolute atomic E-state index is 0.113. The largest absolute Gasteiger partial charge is 0.643 e. The molecular formula is C22H14BN4+. The number of fused-ring (bicyclic) bond motifs is 8. The number of para-hydroxylation sites is 2. The number of imidazole rings is 1. The molecule has 0 aliphatic carbocycles. The lowest BCUT2D eigenvalue weighted by Gasteiger charge is -2.28. The molecule has 0 fully saturated rings. The zero-order chi connectivity index (χ0) is 17.3. The summed E-state index contributed by atoms with van der Waals surface area (Å²) in [6.07, 6.45) is 4.48. The number of anilines is 2. The molecule has 0 amide bonds. The Kier molecular flexibility index (Phi) is 1.87. The molecule has 0 saturated heterocycles. The first-order valence-corrected chi connectivity index (χ1v) is 9.45. The van der Waals surface area contributed by atoms with Crippen LogP contribution in [0.5, 0.6) is 0 Å². The smallest absolute Gasteiger partial charge is 0.320 e. The van der Waals surface area contributed by atoms with Gasteiger partial charge in [-0.15, -0.1) is 0 Å². The summed E-state index contributed by atoms with van der Waals surface area (Å²) in [4.78, 5) is 2.52. The summed E-state index contributed by atoms with van der Waals surface area (Å²) < 4.78 is 7.36. The van der Waals surface area contributed by atoms with E-state index in [4.69, 9.17) is 0 Å². The minimum Gasteiger partial charge on any atom is -0.320 e. The lowest BCUT2D eigenvalue weighted by atomic mass is 9.83. The highest BCUT2D eigenvalue weighted by Gasteiger charge is 2.54. The van der Waals surface area contributed by atoms with Gasteiger partial charge in [-0.1, -0.05) is 42.5 Å². The van der Waals surface area contributed by atoms with E-state index in [9.17, 15) is 0 Å². The number of hydrogen-bond donors (Lipinski definition) is 0. The van der Waals surface area contributed by atoms with E-state index in [0.717, 1.165) is 6.54 Å². The van der Waals surface area contributed by atoms with E-state index >= 15 is 0 Å². The summed E-state index contributed by atoms with van der Waals surface area (Å²) in [5.74, 6) is 1.33. The summed E-state index contributed by atoms with van der Waals surface area (Å²) >= 11 is 0. The Labute approximate surface area is 155 Å². The second-order valence-electron chi connectivity index (χ2n) is 7.75. The Bertz CT molecular complexity index is 1480. The summed E-state index contributed by atoms with van der Waals surface area (Å²) in [5.41, 5.74) is 8.09. The molecule has 3 aliphatic rings. The van der Waals surface area contributed by atoms with Crippen LogP contribution in [0.3, 0.4) is 0 Å². The molecular weight excluding hydrogens is 331 g/mol. The standard InChI is InChI=1S/C22H14BN4/c1-2-8-17-15(6-1)16-7-4-10-19-21(16)27(17)23-25-12-11-24-13-14-5-3-9-18(26(19)23)20(14)22(24)25/h1-12H,13H2/q+1. The van der Waals surface area contributed by atoms with Gasteiger partial charge in [0.1, 0.15) is 18.9 Å². The topological polar surface area (TPSA) is 17.0 Å². The van der Waals surface area contributed by atoms with Gasteiger partial charge in [-0.3, -0.25) is 4.48 Å². The Balaban J connectivity index is 1.62. The van der Waals surface area contributed by atoms with Crippen molar-refractivity contribution in [3.05, 3.63) is 78.6 Å². The van der Waals surface area contributed by atoms with Crippen LogP contribution in [0.4, 0.5) is 11.4 Å². The van der Waals surface area contributed by atoms with Crippen LogP contribution in [-0.4, -0.2) is 16.2 Å². The predicted octanol–water partition coefficient (Wildman–Crippen LogP) is 3.76. The fourth-order valence-corrected chi connectivity index (χ4v) is 5.60. The first-order chi connectivity index (χ1) is 13.4. The Morgan fingerprint density at radius 3 is 2.70 bits per heavy atom. The lowest BCUT2D eigenvalue weighted by Crippen LogP contribution is -2.65. The van der Waals surface area contributed by atoms with E-state index in [2.05, 4.69) is 91.4 Å². The molecule has 0 spiro atoms. The molecule has 0 atom stereocenters. The van der Waals surface area contributed by atoms with Gasteiger partial charge >= 0.3 is 7.12 Å². The van der Waals surface area contributed by atoms with Crippen LogP contribution in [0.1, 0.15) is 5.56 Å². The van der Waals surface area contributed by atoms with Crippen LogP contribution < -0.4 is 9.29 Å². The van der Waals surface area contributed by atoms with E-state index in [1.807, 2.05) is 0 Å². The molecule has 0 saturated carbocycles. The quantitative estimate of drug-likeness (QED) is 0.383. The summed E-state index contributed by atoms with van der Waals surface area (Å²) in [7, 11) is 0.113. The van der Waals surface area contributed by atoms with Crippen molar-refractivity contribution in [2.45, 2.75) is 6.54 Å². The van der Waals surface area contributed by atoms with Crippen molar-refractivity contribution < 1.29 is 4.48 Å². The molecule has 0 N–H and O–H groups in total. The molecule has 5 aromatic rings. The van der Waals surface area contributed by atoms with Crippen molar-refractivity contribution in [1.82, 2.24) is 9.05 Å². The highest BCUT2D eigenvalue weighted by Crippen LogP contribution is 2.49. The number of aromatic nitrogens is 3. The monoisotopic (exact) mass is 345 g/mol. The number of rotatable bonds is 0. The van der Waals surface area contributed by atoms with Crippen LogP contribution in [0.25, 0.3) is 33.2 Å². The number of nitrogens with zero attached hydrogens (tertiary/aromatic N) is 4. The van der Waals surface area contributed by atoms with Gasteiger partial charge in [-0.2, -0.15) is 0 Å². The van der Waals surface area contributed by atoms with E-state index in [1.54, 1.807) is 0 Å². The summed E-state index contributed by atoms with van der Waals surface area (Å²) in [6.45, 7) is 0.968. The average Bonchev–Trinajstić information content (AvgIpc) is 3.43. The second-order valence-corrected chi connectivity index (χ2v) is 7.75. The first-order valence-electron chi connectivity index (χ1n) is 9.45. The van der Waals surface area contributed by atoms with E-state index in [1.165, 1.54) is 50.1 Å². The molecule has 8 rings (SSSR count). The summed E-state index contributed by atoms with van der Waals surface area (Å²) in [5, 5.41) is 2.68. The molecule has 27 heavy (non-hydrogen) atoms. The highest BCUT2D eigenvalue weighted by atomic mass is 15.4. The van der Waals surface area contributed by atoms with E-state index in [0.29, 0.717) is 0 Å². The van der Waals surface area contributed by atoms with Crippen molar-refractivity contribution >= 4 is 40.3 Å². The molecule has 5 heteroatoms. The summed E-state index contributed by atoms with van der Waals surface area (Å²) in [6, 6.07) is 22.3. The third kappa shape index (κ3) is 1.21. The van der Waals surface area contributed by atoms with Gasteiger partial charge < -0.3 is 9.29 Å². The van der Waals surface area contributed by atoms with Crippen LogP contribution in [0, 0.1) is 0 Å². The number of hydrogen-bond acceptors (Lipinski definition) is 1. The fourth-order valence-electron chi connectivity index (χ4n) is 5.60. The maximum Gasteiger partial charge on any atom is 0.643 e. The maximum absolute atomic E-state index is 2.52. The lowest BCUT2D eigenvalue weighted by molar-refractivity contribution is -0.527. The Hall–Kier alpha value is -3.47.